The summed E-state index contributed by atoms with van der Waals surface area (Å²) in [6.45, 7) is 0. The Morgan fingerprint density at radius 1 is 0.409 bits per heavy atom. The Bertz CT molecular complexity index is 3860. The van der Waals surface area contributed by atoms with Gasteiger partial charge in [-0.1, -0.05) is 163 Å². The van der Waals surface area contributed by atoms with Gasteiger partial charge in [0, 0.05) is 53.7 Å². The predicted octanol–water partition coefficient (Wildman–Crippen LogP) is 17.2. The first-order chi connectivity index (χ1) is 32.7. The van der Waals surface area contributed by atoms with Gasteiger partial charge < -0.3 is 14.2 Å². The second-order valence-electron chi connectivity index (χ2n) is 17.2. The number of benzene rings is 10. The van der Waals surface area contributed by atoms with Gasteiger partial charge in [0.1, 0.15) is 11.5 Å². The first kappa shape index (κ1) is 37.5. The van der Waals surface area contributed by atoms with Crippen LogP contribution in [0.2, 0.25) is 0 Å². The lowest BCUT2D eigenvalue weighted by Gasteiger charge is -2.36. The maximum Gasteiger partial charge on any atom is 0.141 e. The molecule has 0 amide bonds. The van der Waals surface area contributed by atoms with E-state index >= 15 is 0 Å². The minimum atomic E-state index is -0.687. The minimum Gasteiger partial charge on any atom is -0.455 e. The van der Waals surface area contributed by atoms with Crippen LogP contribution in [0, 0.1) is 0 Å². The molecule has 310 valence electrons. The van der Waals surface area contributed by atoms with Gasteiger partial charge in [-0.05, 0) is 112 Å². The zero-order chi connectivity index (χ0) is 43.3. The van der Waals surface area contributed by atoms with Crippen molar-refractivity contribution in [3.8, 4) is 28.3 Å². The molecular weight excluding hydrogens is 841 g/mol. The van der Waals surface area contributed by atoms with E-state index in [9.17, 15) is 0 Å². The quantitative estimate of drug-likeness (QED) is 0.166. The summed E-state index contributed by atoms with van der Waals surface area (Å²) in [6, 6.07) is 84.9. The lowest BCUT2D eigenvalue weighted by molar-refractivity contribution is 0.454. The Hall–Kier alpha value is -7.83. The van der Waals surface area contributed by atoms with Gasteiger partial charge in [0.25, 0.3) is 0 Å². The monoisotopic (exact) mass is 878 g/mol. The second-order valence-corrected chi connectivity index (χ2v) is 19.3. The summed E-state index contributed by atoms with van der Waals surface area (Å²) in [5.74, 6) is 1.76. The van der Waals surface area contributed by atoms with Gasteiger partial charge in [-0.15, -0.1) is 11.3 Å². The van der Waals surface area contributed by atoms with Gasteiger partial charge in [0.2, 0.25) is 0 Å². The number of fused-ring (bicyclic) bond motifs is 11. The van der Waals surface area contributed by atoms with Gasteiger partial charge in [0.15, 0.2) is 0 Å². The zero-order valence-electron chi connectivity index (χ0n) is 35.6. The Labute approximate surface area is 390 Å². The number of rotatable bonds is 6. The number of thiophene rings is 1. The van der Waals surface area contributed by atoms with Crippen molar-refractivity contribution in [2.24, 2.45) is 0 Å². The Morgan fingerprint density at radius 2 is 1.03 bits per heavy atom. The summed E-state index contributed by atoms with van der Waals surface area (Å²) in [4.78, 5) is 4.68. The van der Waals surface area contributed by atoms with Crippen LogP contribution >= 0.6 is 23.1 Å². The van der Waals surface area contributed by atoms with Crippen molar-refractivity contribution in [1.29, 1.82) is 0 Å². The first-order valence-electron chi connectivity index (χ1n) is 22.4. The smallest absolute Gasteiger partial charge is 0.141 e. The molecule has 1 aliphatic heterocycles. The van der Waals surface area contributed by atoms with Crippen LogP contribution in [-0.4, -0.2) is 4.57 Å². The fourth-order valence-electron chi connectivity index (χ4n) is 11.0. The Balaban J connectivity index is 1.13. The van der Waals surface area contributed by atoms with Crippen molar-refractivity contribution >= 4 is 82.1 Å². The van der Waals surface area contributed by atoms with E-state index in [2.05, 4.69) is 234 Å². The van der Waals surface area contributed by atoms with Crippen molar-refractivity contribution in [3.63, 3.8) is 0 Å². The maximum absolute atomic E-state index is 6.54. The molecule has 0 N–H and O–H groups in total. The molecule has 0 radical (unpaired) electrons. The van der Waals surface area contributed by atoms with E-state index in [4.69, 9.17) is 4.74 Å². The van der Waals surface area contributed by atoms with Crippen LogP contribution in [0.5, 0.6) is 11.5 Å². The number of ether oxygens (including phenoxy) is 1. The van der Waals surface area contributed by atoms with Crippen molar-refractivity contribution < 1.29 is 4.74 Å². The molecule has 3 heterocycles. The molecule has 0 saturated carbocycles. The van der Waals surface area contributed by atoms with E-state index in [-0.39, 0.29) is 0 Å². The Morgan fingerprint density at radius 3 is 1.85 bits per heavy atom. The highest BCUT2D eigenvalue weighted by atomic mass is 32.2. The van der Waals surface area contributed by atoms with E-state index in [1.165, 1.54) is 75.4 Å². The van der Waals surface area contributed by atoms with Crippen molar-refractivity contribution in [2.45, 2.75) is 15.2 Å². The molecule has 5 heteroatoms. The molecule has 12 aromatic rings. The molecule has 10 aromatic carbocycles. The SMILES string of the molecule is c1ccc(-n2c3ccccc3c3cc(N(c4ccc5c(c4)Sc4ccccc4O5)c4ccc5c(c4)sc4ccccc45)cc(C4(c5ccccc5)c5ccccc5-c5ccccc54)c32)cc1. The number of hydrogen-bond donors (Lipinski definition) is 0. The maximum atomic E-state index is 6.54. The molecule has 1 aliphatic carbocycles. The standard InChI is InChI=1S/C61H38N2OS2/c1-3-17-39(18-4-1)61(50-25-11-7-21-44(50)45-22-8-12-26-51(45)61)52-36-43(35-49-46-23-9-13-27-53(46)63(60(49)52)40-19-5-2-6-20-40)62(41-31-33-48-47-24-10-15-29-56(47)65-58(48)37-41)42-32-34-55-59(38-42)66-57-30-16-14-28-54(57)64-55/h1-38H. The molecule has 2 aliphatic rings. The molecule has 3 nitrogen and oxygen atoms in total. The highest BCUT2D eigenvalue weighted by Gasteiger charge is 2.48. The third-order valence-corrected chi connectivity index (χ3v) is 15.9. The summed E-state index contributed by atoms with van der Waals surface area (Å²) in [5.41, 5.74) is 13.5. The van der Waals surface area contributed by atoms with E-state index < -0.39 is 5.41 Å². The number of para-hydroxylation sites is 3. The van der Waals surface area contributed by atoms with Crippen LogP contribution in [0.3, 0.4) is 0 Å². The van der Waals surface area contributed by atoms with Crippen LogP contribution in [0.1, 0.15) is 22.3 Å². The highest BCUT2D eigenvalue weighted by Crippen LogP contribution is 2.59. The second kappa shape index (κ2) is 14.6. The van der Waals surface area contributed by atoms with E-state index in [0.29, 0.717) is 0 Å². The minimum absolute atomic E-state index is 0.687. The van der Waals surface area contributed by atoms with Crippen LogP contribution < -0.4 is 9.64 Å². The largest absolute Gasteiger partial charge is 0.455 e. The molecule has 0 atom stereocenters. The average Bonchev–Trinajstić information content (AvgIpc) is 4.02. The van der Waals surface area contributed by atoms with E-state index in [0.717, 1.165) is 44.0 Å². The van der Waals surface area contributed by atoms with Gasteiger partial charge in [-0.2, -0.15) is 0 Å². The first-order valence-corrected chi connectivity index (χ1v) is 24.0. The molecule has 0 fully saturated rings. The van der Waals surface area contributed by atoms with Crippen LogP contribution in [0.25, 0.3) is 58.8 Å². The van der Waals surface area contributed by atoms with Gasteiger partial charge in [0.05, 0.1) is 26.2 Å². The normalized spacial score (nSPS) is 13.3. The third kappa shape index (κ3) is 5.45. The Kier molecular flexibility index (Phi) is 8.30. The molecule has 0 unspecified atom stereocenters. The average molecular weight is 879 g/mol. The number of anilines is 3. The molecule has 0 saturated heterocycles. The fourth-order valence-corrected chi connectivity index (χ4v) is 13.1. The summed E-state index contributed by atoms with van der Waals surface area (Å²) < 4.78 is 11.6. The fraction of sp³-hybridized carbons (Fsp3) is 0.0164. The van der Waals surface area contributed by atoms with Crippen LogP contribution in [0.15, 0.2) is 240 Å². The summed E-state index contributed by atoms with van der Waals surface area (Å²) in [6.07, 6.45) is 0. The molecule has 66 heavy (non-hydrogen) atoms. The molecule has 14 rings (SSSR count). The van der Waals surface area contributed by atoms with Crippen molar-refractivity contribution in [1.82, 2.24) is 4.57 Å². The summed E-state index contributed by atoms with van der Waals surface area (Å²) >= 11 is 3.62. The molecular formula is C61H38N2OS2. The number of hydrogen-bond acceptors (Lipinski definition) is 4. The number of aromatic nitrogens is 1. The summed E-state index contributed by atoms with van der Waals surface area (Å²) in [5, 5.41) is 4.96. The number of nitrogens with zero attached hydrogens (tertiary/aromatic N) is 2. The van der Waals surface area contributed by atoms with E-state index in [1.807, 2.05) is 17.4 Å². The lowest BCUT2D eigenvalue weighted by atomic mass is 9.67. The van der Waals surface area contributed by atoms with Gasteiger partial charge >= 0.3 is 0 Å². The third-order valence-electron chi connectivity index (χ3n) is 13.7. The lowest BCUT2D eigenvalue weighted by Crippen LogP contribution is -2.29. The molecule has 0 spiro atoms. The van der Waals surface area contributed by atoms with Crippen LogP contribution in [-0.2, 0) is 5.41 Å². The topological polar surface area (TPSA) is 17.4 Å². The molecule has 0 bridgehead atoms. The highest BCUT2D eigenvalue weighted by molar-refractivity contribution is 7.99. The molecule has 2 aromatic heterocycles. The van der Waals surface area contributed by atoms with Crippen LogP contribution in [0.4, 0.5) is 17.1 Å². The van der Waals surface area contributed by atoms with Gasteiger partial charge in [-0.3, -0.25) is 0 Å². The summed E-state index contributed by atoms with van der Waals surface area (Å²) in [7, 11) is 0. The zero-order valence-corrected chi connectivity index (χ0v) is 37.2. The predicted molar refractivity (Wildman–Crippen MR) is 276 cm³/mol. The van der Waals surface area contributed by atoms with Crippen molar-refractivity contribution in [2.75, 3.05) is 4.90 Å². The van der Waals surface area contributed by atoms with Crippen molar-refractivity contribution in [3.05, 3.63) is 253 Å². The van der Waals surface area contributed by atoms with E-state index in [1.54, 1.807) is 11.8 Å². The van der Waals surface area contributed by atoms with Gasteiger partial charge in [-0.25, -0.2) is 0 Å².